The van der Waals surface area contributed by atoms with Crippen LogP contribution in [0.15, 0.2) is 11.3 Å². The molecule has 7 nitrogen and oxygen atoms in total. The van der Waals surface area contributed by atoms with Gasteiger partial charge in [-0.15, -0.1) is 5.10 Å². The number of azide groups is 1. The Labute approximate surface area is 101 Å². The van der Waals surface area contributed by atoms with Crippen molar-refractivity contribution in [2.24, 2.45) is 5.11 Å². The van der Waals surface area contributed by atoms with Gasteiger partial charge in [0.25, 0.3) is 0 Å². The Balaban J connectivity index is 2.28. The average Bonchev–Trinajstić information content (AvgIpc) is 2.71. The van der Waals surface area contributed by atoms with E-state index in [0.29, 0.717) is 13.1 Å². The zero-order valence-electron chi connectivity index (χ0n) is 10.6. The van der Waals surface area contributed by atoms with Crippen molar-refractivity contribution in [3.05, 3.63) is 22.3 Å². The molecule has 1 aromatic rings. The lowest BCUT2D eigenvalue weighted by Crippen LogP contribution is -2.22. The SMILES string of the molecule is CC(C)(C)n1cc(CNCCCN=[N+]=[N-])nn1. The molecule has 1 rings (SSSR count). The van der Waals surface area contributed by atoms with Crippen molar-refractivity contribution in [3.63, 3.8) is 0 Å². The number of rotatable bonds is 6. The second kappa shape index (κ2) is 6.22. The molecule has 7 heteroatoms. The van der Waals surface area contributed by atoms with E-state index in [1.54, 1.807) is 0 Å². The van der Waals surface area contributed by atoms with Crippen molar-refractivity contribution >= 4 is 0 Å². The third-order valence-corrected chi connectivity index (χ3v) is 2.21. The molecule has 0 spiro atoms. The van der Waals surface area contributed by atoms with Crippen LogP contribution in [0.5, 0.6) is 0 Å². The molecule has 0 bridgehead atoms. The monoisotopic (exact) mass is 237 g/mol. The highest BCUT2D eigenvalue weighted by Gasteiger charge is 2.14. The van der Waals surface area contributed by atoms with Gasteiger partial charge in [-0.1, -0.05) is 10.3 Å². The van der Waals surface area contributed by atoms with E-state index in [2.05, 4.69) is 46.4 Å². The van der Waals surface area contributed by atoms with E-state index in [1.807, 2.05) is 10.9 Å². The summed E-state index contributed by atoms with van der Waals surface area (Å²) in [7, 11) is 0. The number of nitrogens with one attached hydrogen (secondary N) is 1. The van der Waals surface area contributed by atoms with Crippen molar-refractivity contribution in [3.8, 4) is 0 Å². The van der Waals surface area contributed by atoms with E-state index in [9.17, 15) is 0 Å². The lowest BCUT2D eigenvalue weighted by molar-refractivity contribution is 0.347. The maximum atomic E-state index is 8.10. The lowest BCUT2D eigenvalue weighted by Gasteiger charge is -2.17. The molecule has 1 heterocycles. The Hall–Kier alpha value is -1.59. The van der Waals surface area contributed by atoms with Crippen LogP contribution in [0.3, 0.4) is 0 Å². The molecule has 0 atom stereocenters. The summed E-state index contributed by atoms with van der Waals surface area (Å²) in [5.41, 5.74) is 8.98. The standard InChI is InChI=1S/C10H19N7/c1-10(2,3)17-8-9(14-16-17)7-12-5-4-6-13-15-11/h8,12H,4-7H2,1-3H3. The summed E-state index contributed by atoms with van der Waals surface area (Å²) in [6.07, 6.45) is 2.78. The predicted molar refractivity (Wildman–Crippen MR) is 65.4 cm³/mol. The van der Waals surface area contributed by atoms with E-state index in [4.69, 9.17) is 5.53 Å². The van der Waals surface area contributed by atoms with Crippen LogP contribution in [0.2, 0.25) is 0 Å². The van der Waals surface area contributed by atoms with Crippen LogP contribution in [0.4, 0.5) is 0 Å². The Morgan fingerprint density at radius 2 is 2.29 bits per heavy atom. The number of nitrogens with zero attached hydrogens (tertiary/aromatic N) is 6. The fourth-order valence-corrected chi connectivity index (χ4v) is 1.24. The Bertz CT molecular complexity index is 384. The number of hydrogen-bond donors (Lipinski definition) is 1. The highest BCUT2D eigenvalue weighted by molar-refractivity contribution is 4.93. The molecule has 0 aromatic carbocycles. The summed E-state index contributed by atoms with van der Waals surface area (Å²) in [6.45, 7) is 8.27. The first kappa shape index (κ1) is 13.5. The van der Waals surface area contributed by atoms with Gasteiger partial charge in [0.2, 0.25) is 0 Å². The molecule has 0 aliphatic carbocycles. The van der Waals surface area contributed by atoms with Gasteiger partial charge in [-0.25, -0.2) is 4.68 Å². The van der Waals surface area contributed by atoms with Gasteiger partial charge in [-0.05, 0) is 39.3 Å². The predicted octanol–water partition coefficient (Wildman–Crippen LogP) is 1.82. The van der Waals surface area contributed by atoms with Gasteiger partial charge in [-0.2, -0.15) is 0 Å². The first-order valence-corrected chi connectivity index (χ1v) is 5.67. The van der Waals surface area contributed by atoms with Crippen molar-refractivity contribution < 1.29 is 0 Å². The number of aromatic nitrogens is 3. The highest BCUT2D eigenvalue weighted by atomic mass is 15.4. The minimum atomic E-state index is -0.0350. The van der Waals surface area contributed by atoms with Crippen LogP contribution in [0.25, 0.3) is 10.4 Å². The Morgan fingerprint density at radius 3 is 2.88 bits per heavy atom. The molecular formula is C10H19N7. The van der Waals surface area contributed by atoms with Crippen molar-refractivity contribution in [1.29, 1.82) is 0 Å². The van der Waals surface area contributed by atoms with Crippen LogP contribution in [-0.4, -0.2) is 28.1 Å². The van der Waals surface area contributed by atoms with Crippen LogP contribution >= 0.6 is 0 Å². The van der Waals surface area contributed by atoms with Crippen LogP contribution < -0.4 is 5.32 Å². The molecule has 0 aliphatic heterocycles. The van der Waals surface area contributed by atoms with Gasteiger partial charge in [-0.3, -0.25) is 0 Å². The molecule has 94 valence electrons. The molecule has 0 aliphatic rings. The van der Waals surface area contributed by atoms with Crippen LogP contribution in [0.1, 0.15) is 32.9 Å². The molecule has 0 radical (unpaired) electrons. The lowest BCUT2D eigenvalue weighted by atomic mass is 10.1. The van der Waals surface area contributed by atoms with E-state index in [-0.39, 0.29) is 5.54 Å². The van der Waals surface area contributed by atoms with E-state index < -0.39 is 0 Å². The third kappa shape index (κ3) is 4.84. The fraction of sp³-hybridized carbons (Fsp3) is 0.800. The highest BCUT2D eigenvalue weighted by Crippen LogP contribution is 2.11. The average molecular weight is 237 g/mol. The maximum absolute atomic E-state index is 8.10. The van der Waals surface area contributed by atoms with Gasteiger partial charge in [0.15, 0.2) is 0 Å². The molecular weight excluding hydrogens is 218 g/mol. The summed E-state index contributed by atoms with van der Waals surface area (Å²) < 4.78 is 1.85. The molecule has 0 unspecified atom stereocenters. The van der Waals surface area contributed by atoms with Gasteiger partial charge in [0, 0.05) is 18.0 Å². The molecule has 1 N–H and O–H groups in total. The van der Waals surface area contributed by atoms with Crippen molar-refractivity contribution in [2.75, 3.05) is 13.1 Å². The smallest absolute Gasteiger partial charge is 0.0965 e. The first-order chi connectivity index (χ1) is 8.04. The van der Waals surface area contributed by atoms with Crippen LogP contribution in [0, 0.1) is 0 Å². The number of hydrogen-bond acceptors (Lipinski definition) is 4. The zero-order chi connectivity index (χ0) is 12.7. The second-order valence-corrected chi connectivity index (χ2v) is 4.81. The van der Waals surface area contributed by atoms with Crippen molar-refractivity contribution in [1.82, 2.24) is 20.3 Å². The normalized spacial score (nSPS) is 11.2. The largest absolute Gasteiger partial charge is 0.311 e. The van der Waals surface area contributed by atoms with E-state index >= 15 is 0 Å². The summed E-state index contributed by atoms with van der Waals surface area (Å²) in [5, 5.41) is 14.8. The van der Waals surface area contributed by atoms with E-state index in [0.717, 1.165) is 18.7 Å². The Morgan fingerprint density at radius 1 is 1.53 bits per heavy atom. The minimum absolute atomic E-state index is 0.0350. The van der Waals surface area contributed by atoms with Gasteiger partial charge < -0.3 is 5.32 Å². The van der Waals surface area contributed by atoms with Gasteiger partial charge >= 0.3 is 0 Å². The molecule has 0 amide bonds. The summed E-state index contributed by atoms with van der Waals surface area (Å²) in [6, 6.07) is 0. The summed E-state index contributed by atoms with van der Waals surface area (Å²) in [4.78, 5) is 2.69. The Kier molecular flexibility index (Phi) is 4.93. The van der Waals surface area contributed by atoms with Gasteiger partial charge in [0.05, 0.1) is 17.4 Å². The molecule has 17 heavy (non-hydrogen) atoms. The third-order valence-electron chi connectivity index (χ3n) is 2.21. The van der Waals surface area contributed by atoms with E-state index in [1.165, 1.54) is 0 Å². The maximum Gasteiger partial charge on any atom is 0.0965 e. The van der Waals surface area contributed by atoms with Gasteiger partial charge in [0.1, 0.15) is 0 Å². The fourth-order valence-electron chi connectivity index (χ4n) is 1.24. The van der Waals surface area contributed by atoms with Crippen molar-refractivity contribution in [2.45, 2.75) is 39.3 Å². The quantitative estimate of drug-likeness (QED) is 0.354. The summed E-state index contributed by atoms with van der Waals surface area (Å²) in [5.74, 6) is 0. The molecule has 1 aromatic heterocycles. The minimum Gasteiger partial charge on any atom is -0.311 e. The zero-order valence-corrected chi connectivity index (χ0v) is 10.6. The molecule has 0 saturated heterocycles. The molecule has 0 saturated carbocycles. The van der Waals surface area contributed by atoms with Crippen LogP contribution in [-0.2, 0) is 12.1 Å². The topological polar surface area (TPSA) is 91.5 Å². The first-order valence-electron chi connectivity index (χ1n) is 5.67. The second-order valence-electron chi connectivity index (χ2n) is 4.81. The summed E-state index contributed by atoms with van der Waals surface area (Å²) >= 11 is 0. The molecule has 0 fully saturated rings.